The summed E-state index contributed by atoms with van der Waals surface area (Å²) in [5, 5.41) is 7.27. The van der Waals surface area contributed by atoms with Gasteiger partial charge < -0.3 is 14.7 Å². The topological polar surface area (TPSA) is 71.3 Å². The molecular formula is C14H23ClN4O2S. The number of hydrogen-bond donors (Lipinski definition) is 1. The van der Waals surface area contributed by atoms with E-state index in [-0.39, 0.29) is 18.3 Å². The zero-order valence-electron chi connectivity index (χ0n) is 12.8. The molecule has 1 unspecified atom stereocenters. The lowest BCUT2D eigenvalue weighted by molar-refractivity contribution is -0.132. The van der Waals surface area contributed by atoms with Gasteiger partial charge >= 0.3 is 0 Å². The first-order valence-corrected chi connectivity index (χ1v) is 8.77. The van der Waals surface area contributed by atoms with E-state index in [1.807, 2.05) is 23.6 Å². The second kappa shape index (κ2) is 8.17. The van der Waals surface area contributed by atoms with Crippen molar-refractivity contribution >= 4 is 30.1 Å². The maximum atomic E-state index is 12.3. The molecule has 0 radical (unpaired) electrons. The van der Waals surface area contributed by atoms with Crippen LogP contribution in [0.1, 0.15) is 36.9 Å². The van der Waals surface area contributed by atoms with Crippen LogP contribution >= 0.6 is 24.2 Å². The minimum absolute atomic E-state index is 0. The number of aryl methyl sites for hydroxylation is 1. The fourth-order valence-corrected chi connectivity index (χ4v) is 3.89. The van der Waals surface area contributed by atoms with Crippen molar-refractivity contribution < 1.29 is 9.32 Å². The molecule has 6 nitrogen and oxygen atoms in total. The van der Waals surface area contributed by atoms with Crippen LogP contribution in [0.3, 0.4) is 0 Å². The summed E-state index contributed by atoms with van der Waals surface area (Å²) < 4.78 is 5.24. The van der Waals surface area contributed by atoms with Crippen LogP contribution in [0.2, 0.25) is 0 Å². The van der Waals surface area contributed by atoms with Crippen molar-refractivity contribution in [2.75, 3.05) is 31.1 Å². The molecule has 0 aromatic carbocycles. The van der Waals surface area contributed by atoms with E-state index >= 15 is 0 Å². The van der Waals surface area contributed by atoms with Crippen LogP contribution in [0.25, 0.3) is 0 Å². The van der Waals surface area contributed by atoms with Gasteiger partial charge in [0.25, 0.3) is 0 Å². The number of halogens is 1. The third-order valence-electron chi connectivity index (χ3n) is 4.16. The smallest absolute Gasteiger partial charge is 0.229 e. The van der Waals surface area contributed by atoms with Crippen LogP contribution in [-0.2, 0) is 4.79 Å². The molecule has 3 rings (SSSR count). The molecule has 1 atom stereocenters. The van der Waals surface area contributed by atoms with Crippen LogP contribution < -0.4 is 5.32 Å². The van der Waals surface area contributed by atoms with Gasteiger partial charge in [0.2, 0.25) is 11.8 Å². The molecule has 22 heavy (non-hydrogen) atoms. The number of likely N-dealkylation sites (tertiary alicyclic amines) is 1. The Labute approximate surface area is 141 Å². The Morgan fingerprint density at radius 2 is 2.23 bits per heavy atom. The fourth-order valence-electron chi connectivity index (χ4n) is 2.95. The van der Waals surface area contributed by atoms with E-state index in [4.69, 9.17) is 4.52 Å². The van der Waals surface area contributed by atoms with E-state index < -0.39 is 0 Å². The van der Waals surface area contributed by atoms with Gasteiger partial charge in [0.1, 0.15) is 0 Å². The van der Waals surface area contributed by atoms with Gasteiger partial charge in [-0.25, -0.2) is 0 Å². The minimum Gasteiger partial charge on any atom is -0.343 e. The van der Waals surface area contributed by atoms with Gasteiger partial charge in [0, 0.05) is 49.5 Å². The van der Waals surface area contributed by atoms with E-state index in [1.54, 1.807) is 0 Å². The van der Waals surface area contributed by atoms with E-state index in [1.165, 1.54) is 0 Å². The zero-order chi connectivity index (χ0) is 14.7. The van der Waals surface area contributed by atoms with Crippen molar-refractivity contribution in [3.8, 4) is 0 Å². The molecule has 2 aliphatic rings. The Bertz CT molecular complexity index is 485. The van der Waals surface area contributed by atoms with Crippen LogP contribution in [-0.4, -0.2) is 58.1 Å². The monoisotopic (exact) mass is 346 g/mol. The highest BCUT2D eigenvalue weighted by atomic mass is 35.5. The van der Waals surface area contributed by atoms with Gasteiger partial charge in [0.05, 0.1) is 0 Å². The summed E-state index contributed by atoms with van der Waals surface area (Å²) >= 11 is 1.93. The summed E-state index contributed by atoms with van der Waals surface area (Å²) in [5.41, 5.74) is 0. The van der Waals surface area contributed by atoms with Gasteiger partial charge in [-0.05, 0) is 19.8 Å². The van der Waals surface area contributed by atoms with Gasteiger partial charge in [0.15, 0.2) is 5.82 Å². The normalized spacial score (nSPS) is 23.1. The Kier molecular flexibility index (Phi) is 6.52. The molecule has 0 bridgehead atoms. The lowest BCUT2D eigenvalue weighted by atomic mass is 9.96. The van der Waals surface area contributed by atoms with Crippen molar-refractivity contribution in [1.82, 2.24) is 20.4 Å². The lowest BCUT2D eigenvalue weighted by Crippen LogP contribution is -2.44. The number of thioether (sulfide) groups is 1. The number of piperidine rings is 1. The van der Waals surface area contributed by atoms with Crippen molar-refractivity contribution in [3.63, 3.8) is 0 Å². The molecule has 3 heterocycles. The molecule has 1 amide bonds. The maximum absolute atomic E-state index is 12.3. The standard InChI is InChI=1S/C14H22N4O2S.ClH/c1-10-16-14(20-17-10)11-2-5-18(6-3-11)13(19)8-12-9-21-7-4-15-12;/h11-12,15H,2-9H2,1H3;1H. The van der Waals surface area contributed by atoms with E-state index in [0.717, 1.165) is 49.9 Å². The molecule has 1 N–H and O–H groups in total. The first kappa shape index (κ1) is 17.6. The molecule has 0 spiro atoms. The first-order valence-electron chi connectivity index (χ1n) is 7.61. The van der Waals surface area contributed by atoms with E-state index in [9.17, 15) is 4.79 Å². The molecular weight excluding hydrogens is 324 g/mol. The largest absolute Gasteiger partial charge is 0.343 e. The third-order valence-corrected chi connectivity index (χ3v) is 5.29. The number of carbonyl (C=O) groups excluding carboxylic acids is 1. The number of nitrogens with zero attached hydrogens (tertiary/aromatic N) is 3. The van der Waals surface area contributed by atoms with Crippen LogP contribution in [0.4, 0.5) is 0 Å². The highest BCUT2D eigenvalue weighted by molar-refractivity contribution is 7.99. The summed E-state index contributed by atoms with van der Waals surface area (Å²) in [7, 11) is 0. The summed E-state index contributed by atoms with van der Waals surface area (Å²) in [6.07, 6.45) is 2.46. The van der Waals surface area contributed by atoms with Crippen LogP contribution in [0, 0.1) is 6.92 Å². The van der Waals surface area contributed by atoms with Crippen molar-refractivity contribution in [1.29, 1.82) is 0 Å². The average molecular weight is 347 g/mol. The number of rotatable bonds is 3. The van der Waals surface area contributed by atoms with Gasteiger partial charge in [-0.3, -0.25) is 4.79 Å². The molecule has 1 aromatic rings. The third kappa shape index (κ3) is 4.36. The molecule has 2 saturated heterocycles. The predicted octanol–water partition coefficient (Wildman–Crippen LogP) is 1.60. The van der Waals surface area contributed by atoms with Crippen molar-refractivity contribution in [2.24, 2.45) is 0 Å². The molecule has 8 heteroatoms. The number of amides is 1. The first-order chi connectivity index (χ1) is 10.2. The highest BCUT2D eigenvalue weighted by Gasteiger charge is 2.28. The SMILES string of the molecule is Cc1noc(C2CCN(C(=O)CC3CSCCN3)CC2)n1.Cl. The summed E-state index contributed by atoms with van der Waals surface area (Å²) in [6.45, 7) is 4.44. The molecule has 1 aromatic heterocycles. The predicted molar refractivity (Wildman–Crippen MR) is 88.6 cm³/mol. The Hall–Kier alpha value is -0.790. The number of carbonyl (C=O) groups is 1. The number of aromatic nitrogens is 2. The summed E-state index contributed by atoms with van der Waals surface area (Å²) in [4.78, 5) is 18.6. The summed E-state index contributed by atoms with van der Waals surface area (Å²) in [6, 6.07) is 0.340. The maximum Gasteiger partial charge on any atom is 0.229 e. The molecule has 2 aliphatic heterocycles. The highest BCUT2D eigenvalue weighted by Crippen LogP contribution is 2.27. The quantitative estimate of drug-likeness (QED) is 0.896. The molecule has 124 valence electrons. The fraction of sp³-hybridized carbons (Fsp3) is 0.786. The van der Waals surface area contributed by atoms with Crippen molar-refractivity contribution in [3.05, 3.63) is 11.7 Å². The lowest BCUT2D eigenvalue weighted by Gasteiger charge is -2.32. The second-order valence-electron chi connectivity index (χ2n) is 5.76. The number of nitrogens with one attached hydrogen (secondary N) is 1. The van der Waals surface area contributed by atoms with Crippen LogP contribution in [0.5, 0.6) is 0 Å². The van der Waals surface area contributed by atoms with E-state index in [0.29, 0.717) is 24.2 Å². The Balaban J connectivity index is 0.00000176. The van der Waals surface area contributed by atoms with E-state index in [2.05, 4.69) is 15.5 Å². The molecule has 0 saturated carbocycles. The Morgan fingerprint density at radius 1 is 1.45 bits per heavy atom. The van der Waals surface area contributed by atoms with Crippen molar-refractivity contribution in [2.45, 2.75) is 38.1 Å². The average Bonchev–Trinajstić information content (AvgIpc) is 2.95. The number of hydrogen-bond acceptors (Lipinski definition) is 6. The van der Waals surface area contributed by atoms with Gasteiger partial charge in [-0.2, -0.15) is 16.7 Å². The molecule has 2 fully saturated rings. The van der Waals surface area contributed by atoms with Gasteiger partial charge in [-0.1, -0.05) is 5.16 Å². The Morgan fingerprint density at radius 3 is 2.82 bits per heavy atom. The minimum atomic E-state index is 0. The van der Waals surface area contributed by atoms with Gasteiger partial charge in [-0.15, -0.1) is 12.4 Å². The second-order valence-corrected chi connectivity index (χ2v) is 6.91. The summed E-state index contributed by atoms with van der Waals surface area (Å²) in [5.74, 6) is 4.19. The zero-order valence-corrected chi connectivity index (χ0v) is 14.4. The molecule has 0 aliphatic carbocycles. The van der Waals surface area contributed by atoms with Crippen LogP contribution in [0.15, 0.2) is 4.52 Å².